The molecule has 17 heteroatoms. The van der Waals surface area contributed by atoms with E-state index in [1.165, 1.54) is 5.01 Å². The van der Waals surface area contributed by atoms with Gasteiger partial charge in [-0.3, -0.25) is 9.88 Å². The van der Waals surface area contributed by atoms with Crippen LogP contribution in [0.1, 0.15) is 23.2 Å². The number of hydrogen-bond acceptors (Lipinski definition) is 8. The fourth-order valence-electron chi connectivity index (χ4n) is 3.50. The third-order valence-corrected chi connectivity index (χ3v) is 6.09. The number of carboxylic acids is 2. The van der Waals surface area contributed by atoms with E-state index in [2.05, 4.69) is 20.9 Å². The molecule has 1 aliphatic rings. The number of carboxylic acid groups (broad SMARTS) is 2. The molecule has 2 N–H and O–H groups in total. The Morgan fingerprint density at radius 3 is 2.12 bits per heavy atom. The Morgan fingerprint density at radius 1 is 0.950 bits per heavy atom. The molecule has 0 radical (unpaired) electrons. The highest BCUT2D eigenvalue weighted by Gasteiger charge is 2.38. The molecule has 5 heterocycles. The summed E-state index contributed by atoms with van der Waals surface area (Å²) in [5.74, 6) is -4.18. The van der Waals surface area contributed by atoms with Crippen LogP contribution in [0.15, 0.2) is 54.4 Å². The fraction of sp³-hybridized carbons (Fsp3) is 0.304. The standard InChI is InChI=1S/C19H18N6S.2C2HF3O2/c1-2-17-22-19(16-5-9-24(11-16)13-18-21-8-10-26-18)23-25(17)12-15(1)14-3-6-20-7-4-14;2*3-2(4,5)1(6)7/h1-4,6-8,10,12,16H,5,9,11,13H2;2*(H,6,7). The summed E-state index contributed by atoms with van der Waals surface area (Å²) >= 11 is 1.72. The second-order valence-electron chi connectivity index (χ2n) is 8.18. The molecule has 1 atom stereocenters. The van der Waals surface area contributed by atoms with Crippen molar-refractivity contribution in [3.8, 4) is 11.1 Å². The topological polar surface area (TPSA) is 134 Å². The summed E-state index contributed by atoms with van der Waals surface area (Å²) < 4.78 is 65.4. The van der Waals surface area contributed by atoms with Crippen LogP contribution in [-0.2, 0) is 16.1 Å². The molecule has 1 unspecified atom stereocenters. The average Bonchev–Trinajstić information content (AvgIpc) is 3.65. The number of fused-ring (bicyclic) bond motifs is 1. The van der Waals surface area contributed by atoms with Crippen molar-refractivity contribution in [2.24, 2.45) is 0 Å². The van der Waals surface area contributed by atoms with Gasteiger partial charge in [0.2, 0.25) is 0 Å². The molecule has 0 aromatic carbocycles. The predicted octanol–water partition coefficient (Wildman–Crippen LogP) is 4.50. The fourth-order valence-corrected chi connectivity index (χ4v) is 4.16. The van der Waals surface area contributed by atoms with E-state index >= 15 is 0 Å². The van der Waals surface area contributed by atoms with Gasteiger partial charge in [0.05, 0.1) is 6.54 Å². The highest BCUT2D eigenvalue weighted by Crippen LogP contribution is 2.27. The number of carbonyl (C=O) groups is 2. The first-order chi connectivity index (χ1) is 18.7. The molecule has 0 amide bonds. The molecule has 4 aromatic rings. The lowest BCUT2D eigenvalue weighted by atomic mass is 10.1. The molecule has 0 bridgehead atoms. The molecule has 5 rings (SSSR count). The van der Waals surface area contributed by atoms with Gasteiger partial charge in [0.15, 0.2) is 11.5 Å². The van der Waals surface area contributed by atoms with E-state index in [0.717, 1.165) is 48.7 Å². The third kappa shape index (κ3) is 8.70. The van der Waals surface area contributed by atoms with Crippen LogP contribution in [0.5, 0.6) is 0 Å². The molecule has 1 saturated heterocycles. The van der Waals surface area contributed by atoms with Crippen LogP contribution in [-0.4, -0.2) is 77.1 Å². The predicted molar refractivity (Wildman–Crippen MR) is 128 cm³/mol. The van der Waals surface area contributed by atoms with Crippen LogP contribution >= 0.6 is 11.3 Å². The van der Waals surface area contributed by atoms with Crippen LogP contribution in [0.2, 0.25) is 0 Å². The Bertz CT molecular complexity index is 1390. The number of rotatable bonds is 4. The van der Waals surface area contributed by atoms with Gasteiger partial charge in [0.1, 0.15) is 5.01 Å². The van der Waals surface area contributed by atoms with Crippen molar-refractivity contribution in [1.29, 1.82) is 0 Å². The SMILES string of the molecule is O=C(O)C(F)(F)F.O=C(O)C(F)(F)F.c1cc(-c2ccc3nc(C4CCN(Cc5nccs5)C4)nn3c2)ccn1. The van der Waals surface area contributed by atoms with Gasteiger partial charge in [-0.15, -0.1) is 11.3 Å². The smallest absolute Gasteiger partial charge is 0.475 e. The first-order valence-electron chi connectivity index (χ1n) is 11.2. The Kier molecular flexibility index (Phi) is 9.75. The van der Waals surface area contributed by atoms with Gasteiger partial charge in [-0.2, -0.15) is 31.4 Å². The lowest BCUT2D eigenvalue weighted by Gasteiger charge is -2.12. The maximum Gasteiger partial charge on any atom is 0.490 e. The first kappa shape index (κ1) is 30.4. The number of hydrogen-bond donors (Lipinski definition) is 2. The summed E-state index contributed by atoms with van der Waals surface area (Å²) in [6, 6.07) is 8.14. The van der Waals surface area contributed by atoms with Crippen molar-refractivity contribution in [3.63, 3.8) is 0 Å². The number of nitrogens with zero attached hydrogens (tertiary/aromatic N) is 6. The van der Waals surface area contributed by atoms with E-state index in [0.29, 0.717) is 5.92 Å². The third-order valence-electron chi connectivity index (χ3n) is 5.33. The minimum Gasteiger partial charge on any atom is -0.475 e. The van der Waals surface area contributed by atoms with Crippen LogP contribution in [0, 0.1) is 0 Å². The molecule has 40 heavy (non-hydrogen) atoms. The van der Waals surface area contributed by atoms with Gasteiger partial charge >= 0.3 is 24.3 Å². The second kappa shape index (κ2) is 12.8. The zero-order chi connectivity index (χ0) is 29.5. The molecule has 0 saturated carbocycles. The normalized spacial score (nSPS) is 15.6. The van der Waals surface area contributed by atoms with Crippen molar-refractivity contribution < 1.29 is 46.1 Å². The van der Waals surface area contributed by atoms with Crippen LogP contribution in [0.4, 0.5) is 26.3 Å². The minimum absolute atomic E-state index is 0.388. The minimum atomic E-state index is -5.08. The van der Waals surface area contributed by atoms with Crippen molar-refractivity contribution in [2.45, 2.75) is 31.2 Å². The summed E-state index contributed by atoms with van der Waals surface area (Å²) in [6.45, 7) is 2.99. The van der Waals surface area contributed by atoms with E-state index in [-0.39, 0.29) is 0 Å². The average molecular weight is 591 g/mol. The monoisotopic (exact) mass is 590 g/mol. The number of thiazole rings is 1. The highest BCUT2D eigenvalue weighted by atomic mass is 32.1. The van der Waals surface area contributed by atoms with Crippen LogP contribution in [0.25, 0.3) is 16.8 Å². The van der Waals surface area contributed by atoms with E-state index in [4.69, 9.17) is 29.9 Å². The van der Waals surface area contributed by atoms with Crippen molar-refractivity contribution in [1.82, 2.24) is 29.5 Å². The molecule has 1 aliphatic heterocycles. The Morgan fingerprint density at radius 2 is 1.57 bits per heavy atom. The lowest BCUT2D eigenvalue weighted by molar-refractivity contribution is -0.193. The first-order valence-corrected chi connectivity index (χ1v) is 12.1. The van der Waals surface area contributed by atoms with Crippen LogP contribution in [0.3, 0.4) is 0 Å². The number of halogens is 6. The van der Waals surface area contributed by atoms with Crippen molar-refractivity contribution in [2.75, 3.05) is 13.1 Å². The number of aliphatic carboxylic acids is 2. The summed E-state index contributed by atoms with van der Waals surface area (Å²) in [5.41, 5.74) is 3.15. The molecule has 0 aliphatic carbocycles. The summed E-state index contributed by atoms with van der Waals surface area (Å²) in [5, 5.41) is 22.2. The summed E-state index contributed by atoms with van der Waals surface area (Å²) in [4.78, 5) is 33.5. The lowest BCUT2D eigenvalue weighted by Crippen LogP contribution is -2.21. The van der Waals surface area contributed by atoms with E-state index in [1.807, 2.05) is 52.9 Å². The summed E-state index contributed by atoms with van der Waals surface area (Å²) in [6.07, 6.45) is -1.54. The number of aromatic nitrogens is 5. The van der Waals surface area contributed by atoms with Gasteiger partial charge in [0.25, 0.3) is 0 Å². The van der Waals surface area contributed by atoms with Gasteiger partial charge in [-0.25, -0.2) is 24.1 Å². The maximum absolute atomic E-state index is 10.6. The van der Waals surface area contributed by atoms with Gasteiger partial charge < -0.3 is 10.2 Å². The Labute approximate surface area is 225 Å². The number of pyridine rings is 2. The van der Waals surface area contributed by atoms with E-state index < -0.39 is 24.3 Å². The quantitative estimate of drug-likeness (QED) is 0.330. The molecule has 0 spiro atoms. The van der Waals surface area contributed by atoms with E-state index in [1.54, 1.807) is 11.3 Å². The maximum atomic E-state index is 10.6. The molecule has 214 valence electrons. The van der Waals surface area contributed by atoms with E-state index in [9.17, 15) is 26.3 Å². The van der Waals surface area contributed by atoms with Gasteiger partial charge in [-0.05, 0) is 42.8 Å². The number of likely N-dealkylation sites (tertiary alicyclic amines) is 1. The molecule has 4 aromatic heterocycles. The van der Waals surface area contributed by atoms with Crippen molar-refractivity contribution >= 4 is 28.9 Å². The number of alkyl halides is 6. The molecule has 10 nitrogen and oxygen atoms in total. The van der Waals surface area contributed by atoms with Gasteiger partial charge in [0, 0.05) is 48.2 Å². The Balaban J connectivity index is 0.000000263. The highest BCUT2D eigenvalue weighted by molar-refractivity contribution is 7.09. The zero-order valence-corrected chi connectivity index (χ0v) is 21.0. The summed E-state index contributed by atoms with van der Waals surface area (Å²) in [7, 11) is 0. The second-order valence-corrected chi connectivity index (χ2v) is 9.16. The zero-order valence-electron chi connectivity index (χ0n) is 20.2. The molecule has 1 fully saturated rings. The van der Waals surface area contributed by atoms with Crippen molar-refractivity contribution in [3.05, 3.63) is 65.3 Å². The Hall–Kier alpha value is -4.12. The molecular weight excluding hydrogens is 570 g/mol. The van der Waals surface area contributed by atoms with Crippen LogP contribution < -0.4 is 0 Å². The largest absolute Gasteiger partial charge is 0.490 e. The van der Waals surface area contributed by atoms with Gasteiger partial charge in [-0.1, -0.05) is 0 Å². The molecular formula is C23H20F6N6O4S.